The van der Waals surface area contributed by atoms with Gasteiger partial charge in [0.1, 0.15) is 0 Å². The second-order valence-corrected chi connectivity index (χ2v) is 22.8. The monoisotopic (exact) mass is 1090 g/mol. The van der Waals surface area contributed by atoms with Crippen LogP contribution < -0.4 is 0 Å². The fourth-order valence-corrected chi connectivity index (χ4v) is 14.1. The molecule has 0 radical (unpaired) electrons. The van der Waals surface area contributed by atoms with E-state index in [-0.39, 0.29) is 0 Å². The van der Waals surface area contributed by atoms with Gasteiger partial charge in [0, 0.05) is 0 Å². The van der Waals surface area contributed by atoms with Crippen molar-refractivity contribution in [2.45, 2.75) is 12.8 Å². The van der Waals surface area contributed by atoms with Crippen molar-refractivity contribution in [3.05, 3.63) is 333 Å². The second kappa shape index (κ2) is 21.7. The van der Waals surface area contributed by atoms with E-state index in [0.29, 0.717) is 0 Å². The quantitative estimate of drug-likeness (QED) is 0.120. The number of allylic oxidation sites excluding steroid dienone is 4. The van der Waals surface area contributed by atoms with Gasteiger partial charge in [-0.25, -0.2) is 0 Å². The third kappa shape index (κ3) is 8.77. The molecule has 15 aromatic carbocycles. The van der Waals surface area contributed by atoms with Crippen molar-refractivity contribution < 1.29 is 0 Å². The van der Waals surface area contributed by atoms with Gasteiger partial charge in [-0.2, -0.15) is 0 Å². The highest BCUT2D eigenvalue weighted by atomic mass is 14.3. The molecule has 0 atom stereocenters. The van der Waals surface area contributed by atoms with E-state index in [0.717, 1.165) is 24.0 Å². The SMILES string of the molecule is C1=CCCC(c2c3ccccc3c(-c3ccccc3)c3cc(-c4ccc(-c5c(-c6ccc(-c7ccc8c(-c9ccccc9)c9ccccc9c(-c9ccccc9)c8c7)cc6)c(-c6ccccc6)c6ccccc6c5-c5ccccc5)cc4)ccc23)=C1. The van der Waals surface area contributed by atoms with E-state index in [9.17, 15) is 0 Å². The Hall–Kier alpha value is -10.9. The number of benzene rings is 15. The molecule has 0 nitrogen and oxygen atoms in total. The molecule has 1 aliphatic carbocycles. The van der Waals surface area contributed by atoms with Gasteiger partial charge >= 0.3 is 0 Å². The Labute approximate surface area is 502 Å². The normalized spacial score (nSPS) is 12.3. The molecule has 1 aliphatic rings. The summed E-state index contributed by atoms with van der Waals surface area (Å²) in [6, 6.07) is 115. The molecule has 0 saturated heterocycles. The minimum Gasteiger partial charge on any atom is -0.0842 e. The molecule has 0 saturated carbocycles. The van der Waals surface area contributed by atoms with Crippen molar-refractivity contribution >= 4 is 59.4 Å². The lowest BCUT2D eigenvalue weighted by atomic mass is 9.78. The number of fused-ring (bicyclic) bond motifs is 5. The van der Waals surface area contributed by atoms with Crippen LogP contribution in [0.25, 0.3) is 160 Å². The van der Waals surface area contributed by atoms with Gasteiger partial charge in [0.15, 0.2) is 0 Å². The number of hydrogen-bond acceptors (Lipinski definition) is 0. The predicted molar refractivity (Wildman–Crippen MR) is 369 cm³/mol. The average Bonchev–Trinajstić information content (AvgIpc) is 0.879. The maximum absolute atomic E-state index is 2.45. The van der Waals surface area contributed by atoms with Crippen LogP contribution in [-0.4, -0.2) is 0 Å². The summed E-state index contributed by atoms with van der Waals surface area (Å²) < 4.78 is 0. The average molecular weight is 1090 g/mol. The summed E-state index contributed by atoms with van der Waals surface area (Å²) in [7, 11) is 0. The molecule has 0 bridgehead atoms. The van der Waals surface area contributed by atoms with E-state index in [2.05, 4.69) is 328 Å². The molecule has 0 aliphatic heterocycles. The first kappa shape index (κ1) is 50.8. The number of hydrogen-bond donors (Lipinski definition) is 0. The summed E-state index contributed by atoms with van der Waals surface area (Å²) in [4.78, 5) is 0. The summed E-state index contributed by atoms with van der Waals surface area (Å²) in [6.07, 6.45) is 8.92. The highest BCUT2D eigenvalue weighted by Gasteiger charge is 2.26. The van der Waals surface area contributed by atoms with Gasteiger partial charge < -0.3 is 0 Å². The van der Waals surface area contributed by atoms with Crippen LogP contribution in [0, 0.1) is 0 Å². The molecule has 0 fully saturated rings. The molecule has 0 N–H and O–H groups in total. The van der Waals surface area contributed by atoms with Gasteiger partial charge in [0.05, 0.1) is 0 Å². The molecular weight excluding hydrogens is 1030 g/mol. The van der Waals surface area contributed by atoms with E-state index in [1.165, 1.54) is 154 Å². The summed E-state index contributed by atoms with van der Waals surface area (Å²) >= 11 is 0. The van der Waals surface area contributed by atoms with Crippen molar-refractivity contribution in [3.63, 3.8) is 0 Å². The molecular formula is C86H58. The van der Waals surface area contributed by atoms with Gasteiger partial charge in [0.2, 0.25) is 0 Å². The lowest BCUT2D eigenvalue weighted by Crippen LogP contribution is -1.98. The maximum atomic E-state index is 2.45. The molecule has 0 spiro atoms. The lowest BCUT2D eigenvalue weighted by Gasteiger charge is -2.24. The topological polar surface area (TPSA) is 0 Å². The first-order valence-corrected chi connectivity index (χ1v) is 30.1. The Bertz CT molecular complexity index is 5130. The van der Waals surface area contributed by atoms with E-state index >= 15 is 0 Å². The van der Waals surface area contributed by atoms with Crippen molar-refractivity contribution in [2.75, 3.05) is 0 Å². The Kier molecular flexibility index (Phi) is 12.8. The molecule has 0 heteroatoms. The van der Waals surface area contributed by atoms with Gasteiger partial charge in [-0.3, -0.25) is 0 Å². The Balaban J connectivity index is 0.896. The van der Waals surface area contributed by atoms with Crippen molar-refractivity contribution in [3.8, 4) is 100 Å². The zero-order chi connectivity index (χ0) is 56.9. The molecule has 16 rings (SSSR count). The fraction of sp³-hybridized carbons (Fsp3) is 0.0233. The molecule has 0 heterocycles. The second-order valence-electron chi connectivity index (χ2n) is 22.8. The maximum Gasteiger partial charge on any atom is -0.00141 e. The van der Waals surface area contributed by atoms with Gasteiger partial charge in [-0.1, -0.05) is 315 Å². The van der Waals surface area contributed by atoms with Crippen LogP contribution in [-0.2, 0) is 0 Å². The predicted octanol–water partition coefficient (Wildman–Crippen LogP) is 24.2. The van der Waals surface area contributed by atoms with Gasteiger partial charge in [-0.15, -0.1) is 0 Å². The highest BCUT2D eigenvalue weighted by molar-refractivity contribution is 6.23. The van der Waals surface area contributed by atoms with E-state index in [1.807, 2.05) is 0 Å². The summed E-state index contributed by atoms with van der Waals surface area (Å²) in [5, 5.41) is 12.6. The van der Waals surface area contributed by atoms with Crippen LogP contribution in [0.5, 0.6) is 0 Å². The smallest absolute Gasteiger partial charge is 0.00141 e. The summed E-state index contributed by atoms with van der Waals surface area (Å²) in [5.74, 6) is 0. The van der Waals surface area contributed by atoms with Crippen molar-refractivity contribution in [2.24, 2.45) is 0 Å². The largest absolute Gasteiger partial charge is 0.0842 e. The lowest BCUT2D eigenvalue weighted by molar-refractivity contribution is 1.06. The Morgan fingerprint density at radius 2 is 0.430 bits per heavy atom. The zero-order valence-corrected chi connectivity index (χ0v) is 47.6. The molecule has 0 aromatic heterocycles. The third-order valence-corrected chi connectivity index (χ3v) is 17.9. The standard InChI is InChI=1S/C86H58/c1-7-25-59(26-8-1)79-69-37-19-21-39-71(69)81(61-29-11-3-12-30-61)77-55-67(51-53-75(77)79)57-43-47-65(48-44-57)85-83(63-33-15-5-16-34-63)73-41-23-24-42-74(73)84(64-35-17-6-18-36-64)86(85)66-49-45-58(46-50-66)68-52-54-76-78(56-68)82(62-31-13-4-14-32-62)72-40-22-20-38-70(72)80(76)60-27-9-2-10-28-60/h1-9,11-27,29-56H,10,28H2. The van der Waals surface area contributed by atoms with Crippen LogP contribution in [0.3, 0.4) is 0 Å². The van der Waals surface area contributed by atoms with E-state index in [4.69, 9.17) is 0 Å². The van der Waals surface area contributed by atoms with Crippen LogP contribution in [0.15, 0.2) is 328 Å². The van der Waals surface area contributed by atoms with Gasteiger partial charge in [-0.05, 0) is 190 Å². The van der Waals surface area contributed by atoms with Crippen molar-refractivity contribution in [1.29, 1.82) is 0 Å². The van der Waals surface area contributed by atoms with Crippen LogP contribution in [0.2, 0.25) is 0 Å². The van der Waals surface area contributed by atoms with E-state index < -0.39 is 0 Å². The third-order valence-electron chi connectivity index (χ3n) is 17.9. The van der Waals surface area contributed by atoms with Crippen LogP contribution in [0.4, 0.5) is 0 Å². The van der Waals surface area contributed by atoms with Crippen molar-refractivity contribution in [1.82, 2.24) is 0 Å². The number of rotatable bonds is 10. The Morgan fingerprint density at radius 1 is 0.174 bits per heavy atom. The van der Waals surface area contributed by atoms with Gasteiger partial charge in [0.25, 0.3) is 0 Å². The molecule has 15 aromatic rings. The zero-order valence-electron chi connectivity index (χ0n) is 47.6. The minimum atomic E-state index is 1.02. The molecule has 0 amide bonds. The Morgan fingerprint density at radius 3 is 0.779 bits per heavy atom. The van der Waals surface area contributed by atoms with Crippen LogP contribution >= 0.6 is 0 Å². The first-order chi connectivity index (χ1) is 42.7. The first-order valence-electron chi connectivity index (χ1n) is 30.1. The highest BCUT2D eigenvalue weighted by Crippen LogP contribution is 2.53. The summed E-state index contributed by atoms with van der Waals surface area (Å²) in [5.41, 5.74) is 24.5. The molecule has 86 heavy (non-hydrogen) atoms. The van der Waals surface area contributed by atoms with Crippen LogP contribution in [0.1, 0.15) is 18.4 Å². The van der Waals surface area contributed by atoms with E-state index in [1.54, 1.807) is 0 Å². The fourth-order valence-electron chi connectivity index (χ4n) is 14.1. The minimum absolute atomic E-state index is 1.02. The molecule has 0 unspecified atom stereocenters. The summed E-state index contributed by atoms with van der Waals surface area (Å²) in [6.45, 7) is 0. The molecule has 402 valence electrons.